The molecule has 0 aliphatic heterocycles. The van der Waals surface area contributed by atoms with Gasteiger partial charge in [-0.3, -0.25) is 4.79 Å². The first-order valence-electron chi connectivity index (χ1n) is 6.13. The summed E-state index contributed by atoms with van der Waals surface area (Å²) in [5, 5.41) is 2.53. The second-order valence-corrected chi connectivity index (χ2v) is 6.59. The van der Waals surface area contributed by atoms with Crippen molar-refractivity contribution in [3.8, 4) is 5.75 Å². The summed E-state index contributed by atoms with van der Waals surface area (Å²) >= 11 is 0. The molecule has 0 fully saturated rings. The highest BCUT2D eigenvalue weighted by molar-refractivity contribution is 7.89. The Kier molecular flexibility index (Phi) is 5.52. The SMILES string of the molecule is CNC(=O)CCc1cc(S(=O)(=O)N(C)C)ccc1OC. The fourth-order valence-electron chi connectivity index (χ4n) is 1.69. The maximum atomic E-state index is 12.1. The first-order chi connectivity index (χ1) is 9.32. The Morgan fingerprint density at radius 2 is 2.00 bits per heavy atom. The third-order valence-electron chi connectivity index (χ3n) is 2.93. The number of sulfonamides is 1. The molecular formula is C13H20N2O4S. The molecule has 1 N–H and O–H groups in total. The number of amides is 1. The molecule has 1 aromatic rings. The molecule has 1 aromatic carbocycles. The van der Waals surface area contributed by atoms with Crippen LogP contribution < -0.4 is 10.1 Å². The highest BCUT2D eigenvalue weighted by atomic mass is 32.2. The van der Waals surface area contributed by atoms with E-state index in [2.05, 4.69) is 5.32 Å². The Morgan fingerprint density at radius 1 is 1.35 bits per heavy atom. The van der Waals surface area contributed by atoms with Crippen molar-refractivity contribution in [2.75, 3.05) is 28.3 Å². The molecule has 0 saturated heterocycles. The van der Waals surface area contributed by atoms with Crippen LogP contribution in [-0.4, -0.2) is 46.9 Å². The summed E-state index contributed by atoms with van der Waals surface area (Å²) in [5.41, 5.74) is 0.694. The minimum atomic E-state index is -3.49. The van der Waals surface area contributed by atoms with Crippen LogP contribution in [-0.2, 0) is 21.2 Å². The molecule has 0 atom stereocenters. The average molecular weight is 300 g/mol. The fourth-order valence-corrected chi connectivity index (χ4v) is 2.65. The lowest BCUT2D eigenvalue weighted by atomic mass is 10.1. The lowest BCUT2D eigenvalue weighted by Gasteiger charge is -2.14. The van der Waals surface area contributed by atoms with E-state index < -0.39 is 10.0 Å². The number of methoxy groups -OCH3 is 1. The monoisotopic (exact) mass is 300 g/mol. The van der Waals surface area contributed by atoms with Gasteiger partial charge in [-0.05, 0) is 30.2 Å². The van der Waals surface area contributed by atoms with E-state index in [4.69, 9.17) is 4.74 Å². The summed E-state index contributed by atoms with van der Waals surface area (Å²) in [6, 6.07) is 4.66. The molecule has 20 heavy (non-hydrogen) atoms. The first-order valence-corrected chi connectivity index (χ1v) is 7.57. The zero-order valence-corrected chi connectivity index (χ0v) is 13.0. The second-order valence-electron chi connectivity index (χ2n) is 4.43. The Balaban J connectivity index is 3.12. The van der Waals surface area contributed by atoms with Crippen LogP contribution in [0.2, 0.25) is 0 Å². The van der Waals surface area contributed by atoms with E-state index in [0.717, 1.165) is 4.31 Å². The molecule has 0 bridgehead atoms. The molecule has 0 spiro atoms. The van der Waals surface area contributed by atoms with Crippen molar-refractivity contribution < 1.29 is 17.9 Å². The van der Waals surface area contributed by atoms with E-state index in [1.165, 1.54) is 27.3 Å². The van der Waals surface area contributed by atoms with Gasteiger partial charge in [0.1, 0.15) is 5.75 Å². The minimum absolute atomic E-state index is 0.104. The number of aryl methyl sites for hydroxylation is 1. The molecule has 0 radical (unpaired) electrons. The van der Waals surface area contributed by atoms with Gasteiger partial charge in [0.05, 0.1) is 12.0 Å². The molecule has 0 aliphatic rings. The number of nitrogens with one attached hydrogen (secondary N) is 1. The zero-order chi connectivity index (χ0) is 15.3. The molecule has 6 nitrogen and oxygen atoms in total. The van der Waals surface area contributed by atoms with Crippen molar-refractivity contribution in [1.29, 1.82) is 0 Å². The first kappa shape index (κ1) is 16.5. The van der Waals surface area contributed by atoms with Gasteiger partial charge in [-0.25, -0.2) is 12.7 Å². The van der Waals surface area contributed by atoms with Gasteiger partial charge in [-0.15, -0.1) is 0 Å². The van der Waals surface area contributed by atoms with E-state index in [-0.39, 0.29) is 17.2 Å². The summed E-state index contributed by atoms with van der Waals surface area (Å²) < 4.78 is 30.5. The van der Waals surface area contributed by atoms with Crippen molar-refractivity contribution in [2.45, 2.75) is 17.7 Å². The number of nitrogens with zero attached hydrogens (tertiary/aromatic N) is 1. The van der Waals surface area contributed by atoms with Gasteiger partial charge in [0.15, 0.2) is 0 Å². The predicted octanol–water partition coefficient (Wildman–Crippen LogP) is 0.624. The van der Waals surface area contributed by atoms with Crippen LogP contribution in [0.1, 0.15) is 12.0 Å². The van der Waals surface area contributed by atoms with E-state index in [0.29, 0.717) is 17.7 Å². The molecule has 7 heteroatoms. The highest BCUT2D eigenvalue weighted by Gasteiger charge is 2.19. The Morgan fingerprint density at radius 3 is 2.50 bits per heavy atom. The second kappa shape index (κ2) is 6.71. The van der Waals surface area contributed by atoms with Crippen molar-refractivity contribution in [2.24, 2.45) is 0 Å². The molecule has 0 heterocycles. The van der Waals surface area contributed by atoms with Gasteiger partial charge >= 0.3 is 0 Å². The summed E-state index contributed by atoms with van der Waals surface area (Å²) in [5.74, 6) is 0.472. The van der Waals surface area contributed by atoms with Gasteiger partial charge in [0, 0.05) is 27.6 Å². The van der Waals surface area contributed by atoms with Crippen molar-refractivity contribution >= 4 is 15.9 Å². The summed E-state index contributed by atoms with van der Waals surface area (Å²) in [6.45, 7) is 0. The third kappa shape index (κ3) is 3.71. The van der Waals surface area contributed by atoms with Crippen LogP contribution in [0.3, 0.4) is 0 Å². The van der Waals surface area contributed by atoms with E-state index in [9.17, 15) is 13.2 Å². The van der Waals surface area contributed by atoms with Crippen LogP contribution in [0.4, 0.5) is 0 Å². The average Bonchev–Trinajstić information content (AvgIpc) is 2.43. The smallest absolute Gasteiger partial charge is 0.242 e. The van der Waals surface area contributed by atoms with Gasteiger partial charge in [-0.2, -0.15) is 0 Å². The van der Waals surface area contributed by atoms with Crippen LogP contribution in [0.15, 0.2) is 23.1 Å². The molecule has 0 saturated carbocycles. The van der Waals surface area contributed by atoms with E-state index in [1.807, 2.05) is 0 Å². The largest absolute Gasteiger partial charge is 0.496 e. The Hall–Kier alpha value is -1.60. The quantitative estimate of drug-likeness (QED) is 0.836. The molecule has 112 valence electrons. The number of hydrogen-bond acceptors (Lipinski definition) is 4. The molecule has 0 aliphatic carbocycles. The third-order valence-corrected chi connectivity index (χ3v) is 4.74. The van der Waals surface area contributed by atoms with E-state index >= 15 is 0 Å². The maximum absolute atomic E-state index is 12.1. The summed E-state index contributed by atoms with van der Waals surface area (Å²) in [4.78, 5) is 11.5. The number of carbonyl (C=O) groups excluding carboxylic acids is 1. The fraction of sp³-hybridized carbons (Fsp3) is 0.462. The minimum Gasteiger partial charge on any atom is -0.496 e. The number of rotatable bonds is 6. The summed E-state index contributed by atoms with van der Waals surface area (Å²) in [7, 11) is 2.54. The number of ether oxygens (including phenoxy) is 1. The van der Waals surface area contributed by atoms with Crippen molar-refractivity contribution in [3.05, 3.63) is 23.8 Å². The van der Waals surface area contributed by atoms with Crippen LogP contribution in [0.5, 0.6) is 5.75 Å². The van der Waals surface area contributed by atoms with Crippen LogP contribution >= 0.6 is 0 Å². The lowest BCUT2D eigenvalue weighted by molar-refractivity contribution is -0.120. The van der Waals surface area contributed by atoms with Crippen molar-refractivity contribution in [1.82, 2.24) is 9.62 Å². The predicted molar refractivity (Wildman–Crippen MR) is 76.3 cm³/mol. The number of carbonyl (C=O) groups is 1. The summed E-state index contributed by atoms with van der Waals surface area (Å²) in [6.07, 6.45) is 0.692. The van der Waals surface area contributed by atoms with E-state index in [1.54, 1.807) is 19.2 Å². The van der Waals surface area contributed by atoms with Gasteiger partial charge in [0.25, 0.3) is 0 Å². The number of hydrogen-bond donors (Lipinski definition) is 1. The topological polar surface area (TPSA) is 75.7 Å². The van der Waals surface area contributed by atoms with Crippen molar-refractivity contribution in [3.63, 3.8) is 0 Å². The molecule has 1 amide bonds. The maximum Gasteiger partial charge on any atom is 0.242 e. The highest BCUT2D eigenvalue weighted by Crippen LogP contribution is 2.24. The molecule has 0 aromatic heterocycles. The van der Waals surface area contributed by atoms with Gasteiger partial charge in [0.2, 0.25) is 15.9 Å². The lowest BCUT2D eigenvalue weighted by Crippen LogP contribution is -2.22. The standard InChI is InChI=1S/C13H20N2O4S/c1-14-13(16)8-5-10-9-11(6-7-12(10)19-4)20(17,18)15(2)3/h6-7,9H,5,8H2,1-4H3,(H,14,16). The van der Waals surface area contributed by atoms with Gasteiger partial charge < -0.3 is 10.1 Å². The van der Waals surface area contributed by atoms with Crippen LogP contribution in [0.25, 0.3) is 0 Å². The molecular weight excluding hydrogens is 280 g/mol. The molecule has 1 rings (SSSR count). The molecule has 0 unspecified atom stereocenters. The van der Waals surface area contributed by atoms with Crippen LogP contribution in [0, 0.1) is 0 Å². The Labute approximate surface area is 119 Å². The van der Waals surface area contributed by atoms with Gasteiger partial charge in [-0.1, -0.05) is 0 Å². The number of benzene rings is 1. The normalized spacial score (nSPS) is 11.4. The Bertz CT molecular complexity index is 582. The zero-order valence-electron chi connectivity index (χ0n) is 12.1.